The van der Waals surface area contributed by atoms with E-state index in [1.54, 1.807) is 0 Å². The summed E-state index contributed by atoms with van der Waals surface area (Å²) in [5.74, 6) is 2.53. The van der Waals surface area contributed by atoms with Gasteiger partial charge in [-0.05, 0) is 26.7 Å². The van der Waals surface area contributed by atoms with Crippen LogP contribution < -0.4 is 4.72 Å². The molecule has 0 saturated carbocycles. The van der Waals surface area contributed by atoms with Crippen LogP contribution in [-0.2, 0) is 14.8 Å². The van der Waals surface area contributed by atoms with Crippen molar-refractivity contribution in [3.05, 3.63) is 0 Å². The summed E-state index contributed by atoms with van der Waals surface area (Å²) in [5, 5.41) is 0. The molecule has 94 valence electrons. The lowest BCUT2D eigenvalue weighted by atomic mass is 10.2. The molecule has 0 aromatic carbocycles. The quantitative estimate of drug-likeness (QED) is 0.491. The van der Waals surface area contributed by atoms with E-state index in [9.17, 15) is 8.42 Å². The minimum atomic E-state index is -3.19. The van der Waals surface area contributed by atoms with E-state index in [-0.39, 0.29) is 18.5 Å². The molecule has 0 atom stereocenters. The lowest BCUT2D eigenvalue weighted by Gasteiger charge is -2.08. The van der Waals surface area contributed by atoms with Crippen LogP contribution >= 0.6 is 0 Å². The summed E-state index contributed by atoms with van der Waals surface area (Å²) in [5.41, 5.74) is 0. The molecule has 0 aliphatic rings. The Hall–Kier alpha value is -0.570. The highest BCUT2D eigenvalue weighted by molar-refractivity contribution is 7.89. The van der Waals surface area contributed by atoms with Gasteiger partial charge in [0, 0.05) is 13.0 Å². The Morgan fingerprint density at radius 2 is 2.06 bits per heavy atom. The van der Waals surface area contributed by atoms with Gasteiger partial charge in [0.25, 0.3) is 0 Å². The van der Waals surface area contributed by atoms with Gasteiger partial charge in [-0.15, -0.1) is 12.3 Å². The Morgan fingerprint density at radius 3 is 2.62 bits per heavy atom. The number of sulfonamides is 1. The summed E-state index contributed by atoms with van der Waals surface area (Å²) in [7, 11) is -3.19. The van der Waals surface area contributed by atoms with Crippen LogP contribution in [0, 0.1) is 12.3 Å². The first-order valence-electron chi connectivity index (χ1n) is 5.50. The first-order chi connectivity index (χ1) is 7.48. The smallest absolute Gasteiger partial charge is 0.213 e. The van der Waals surface area contributed by atoms with Gasteiger partial charge in [0.2, 0.25) is 10.0 Å². The standard InChI is InChI=1S/C11H21NO3S/c1-4-5-6-7-8-12-16(13,14)10-9-15-11(2)3/h1,11-12H,5-10H2,2-3H3. The molecule has 0 amide bonds. The Balaban J connectivity index is 3.59. The first-order valence-corrected chi connectivity index (χ1v) is 7.15. The monoisotopic (exact) mass is 247 g/mol. The van der Waals surface area contributed by atoms with Crippen LogP contribution in [0.5, 0.6) is 0 Å². The molecule has 0 saturated heterocycles. The zero-order valence-corrected chi connectivity index (χ0v) is 10.8. The fourth-order valence-electron chi connectivity index (χ4n) is 1.05. The van der Waals surface area contributed by atoms with Crippen LogP contribution in [0.15, 0.2) is 0 Å². The molecule has 1 N–H and O–H groups in total. The molecule has 0 rings (SSSR count). The molecule has 0 unspecified atom stereocenters. The van der Waals surface area contributed by atoms with Gasteiger partial charge < -0.3 is 4.74 Å². The van der Waals surface area contributed by atoms with E-state index >= 15 is 0 Å². The maximum Gasteiger partial charge on any atom is 0.213 e. The van der Waals surface area contributed by atoms with Crippen LogP contribution in [0.3, 0.4) is 0 Å². The van der Waals surface area contributed by atoms with Gasteiger partial charge in [0.05, 0.1) is 18.5 Å². The second kappa shape index (κ2) is 8.57. The molecule has 0 aliphatic carbocycles. The zero-order chi connectivity index (χ0) is 12.4. The topological polar surface area (TPSA) is 55.4 Å². The van der Waals surface area contributed by atoms with Gasteiger partial charge >= 0.3 is 0 Å². The van der Waals surface area contributed by atoms with E-state index in [0.29, 0.717) is 13.0 Å². The van der Waals surface area contributed by atoms with E-state index in [0.717, 1.165) is 12.8 Å². The molecule has 0 bridgehead atoms. The average Bonchev–Trinajstić information content (AvgIpc) is 2.16. The van der Waals surface area contributed by atoms with Gasteiger partial charge in [0.1, 0.15) is 0 Å². The predicted molar refractivity (Wildman–Crippen MR) is 65.6 cm³/mol. The lowest BCUT2D eigenvalue weighted by Crippen LogP contribution is -2.29. The highest BCUT2D eigenvalue weighted by Gasteiger charge is 2.09. The highest BCUT2D eigenvalue weighted by atomic mass is 32.2. The van der Waals surface area contributed by atoms with Crippen LogP contribution in [0.2, 0.25) is 0 Å². The molecule has 5 heteroatoms. The number of hydrogen-bond acceptors (Lipinski definition) is 3. The summed E-state index contributed by atoms with van der Waals surface area (Å²) in [6.45, 7) is 4.43. The lowest BCUT2D eigenvalue weighted by molar-refractivity contribution is 0.0911. The Bertz CT molecular complexity index is 304. The number of terminal acetylenes is 1. The van der Waals surface area contributed by atoms with Crippen molar-refractivity contribution < 1.29 is 13.2 Å². The van der Waals surface area contributed by atoms with E-state index in [1.807, 2.05) is 13.8 Å². The molecule has 0 aromatic heterocycles. The summed E-state index contributed by atoms with van der Waals surface area (Å²) in [4.78, 5) is 0. The third kappa shape index (κ3) is 9.97. The van der Waals surface area contributed by atoms with Crippen LogP contribution in [0.25, 0.3) is 0 Å². The van der Waals surface area contributed by atoms with Crippen molar-refractivity contribution in [1.29, 1.82) is 0 Å². The van der Waals surface area contributed by atoms with Crippen molar-refractivity contribution in [2.24, 2.45) is 0 Å². The zero-order valence-electron chi connectivity index (χ0n) is 10.0. The summed E-state index contributed by atoms with van der Waals surface area (Å²) in [6.07, 6.45) is 7.46. The molecular formula is C11H21NO3S. The molecule has 4 nitrogen and oxygen atoms in total. The summed E-state index contributed by atoms with van der Waals surface area (Å²) in [6, 6.07) is 0. The van der Waals surface area contributed by atoms with Crippen LogP contribution in [0.1, 0.15) is 33.1 Å². The fourth-order valence-corrected chi connectivity index (χ4v) is 1.96. The second-order valence-corrected chi connectivity index (χ2v) is 5.72. The summed E-state index contributed by atoms with van der Waals surface area (Å²) >= 11 is 0. The number of unbranched alkanes of at least 4 members (excludes halogenated alkanes) is 2. The molecule has 0 aromatic rings. The predicted octanol–water partition coefficient (Wildman–Crippen LogP) is 1.13. The number of nitrogens with one attached hydrogen (secondary N) is 1. The Kier molecular flexibility index (Phi) is 8.26. The van der Waals surface area contributed by atoms with Crippen molar-refractivity contribution in [2.75, 3.05) is 18.9 Å². The average molecular weight is 247 g/mol. The molecule has 0 heterocycles. The molecular weight excluding hydrogens is 226 g/mol. The van der Waals surface area contributed by atoms with E-state index in [2.05, 4.69) is 10.6 Å². The third-order valence-corrected chi connectivity index (χ3v) is 3.22. The van der Waals surface area contributed by atoms with Gasteiger partial charge in [-0.3, -0.25) is 0 Å². The Morgan fingerprint density at radius 1 is 1.38 bits per heavy atom. The van der Waals surface area contributed by atoms with Crippen molar-refractivity contribution in [3.63, 3.8) is 0 Å². The SMILES string of the molecule is C#CCCCCNS(=O)(=O)CCOC(C)C. The maximum absolute atomic E-state index is 11.4. The van der Waals surface area contributed by atoms with E-state index in [1.165, 1.54) is 0 Å². The third-order valence-electron chi connectivity index (χ3n) is 1.87. The van der Waals surface area contributed by atoms with Gasteiger partial charge in [-0.1, -0.05) is 0 Å². The van der Waals surface area contributed by atoms with Crippen molar-refractivity contribution in [1.82, 2.24) is 4.72 Å². The second-order valence-electron chi connectivity index (χ2n) is 3.79. The van der Waals surface area contributed by atoms with Gasteiger partial charge in [-0.2, -0.15) is 0 Å². The number of hydrogen-bond donors (Lipinski definition) is 1. The molecule has 16 heavy (non-hydrogen) atoms. The molecule has 0 aliphatic heterocycles. The van der Waals surface area contributed by atoms with Crippen molar-refractivity contribution in [3.8, 4) is 12.3 Å². The van der Waals surface area contributed by atoms with Gasteiger partial charge in [-0.25, -0.2) is 13.1 Å². The molecule has 0 radical (unpaired) electrons. The normalized spacial score (nSPS) is 11.6. The molecule has 0 fully saturated rings. The largest absolute Gasteiger partial charge is 0.378 e. The minimum absolute atomic E-state index is 0.0142. The maximum atomic E-state index is 11.4. The van der Waals surface area contributed by atoms with Gasteiger partial charge in [0.15, 0.2) is 0 Å². The molecule has 0 spiro atoms. The van der Waals surface area contributed by atoms with Crippen LogP contribution in [0.4, 0.5) is 0 Å². The highest BCUT2D eigenvalue weighted by Crippen LogP contribution is 1.94. The van der Waals surface area contributed by atoms with Crippen molar-refractivity contribution >= 4 is 10.0 Å². The first kappa shape index (κ1) is 15.4. The minimum Gasteiger partial charge on any atom is -0.378 e. The van der Waals surface area contributed by atoms with E-state index < -0.39 is 10.0 Å². The van der Waals surface area contributed by atoms with Crippen LogP contribution in [-0.4, -0.2) is 33.4 Å². The van der Waals surface area contributed by atoms with E-state index in [4.69, 9.17) is 11.2 Å². The summed E-state index contributed by atoms with van der Waals surface area (Å²) < 4.78 is 30.5. The van der Waals surface area contributed by atoms with Crippen molar-refractivity contribution in [2.45, 2.75) is 39.2 Å². The number of ether oxygens (including phenoxy) is 1. The number of rotatable bonds is 9. The fraction of sp³-hybridized carbons (Fsp3) is 0.818. The Labute approximate surface area is 98.8 Å².